The third-order valence-corrected chi connectivity index (χ3v) is 4.42. The predicted molar refractivity (Wildman–Crippen MR) is 85.3 cm³/mol. The first-order valence-corrected chi connectivity index (χ1v) is 7.38. The van der Waals surface area contributed by atoms with Crippen LogP contribution in [0.25, 0.3) is 11.3 Å². The van der Waals surface area contributed by atoms with Gasteiger partial charge >= 0.3 is 7.12 Å². The SMILES string of the molecule is CC1(C)OB(c2cccc(-c3ccccc3F)n2)OC1(C)C. The molecule has 0 unspecified atom stereocenters. The fourth-order valence-corrected chi connectivity index (χ4v) is 2.37. The summed E-state index contributed by atoms with van der Waals surface area (Å²) < 4.78 is 25.9. The zero-order chi connectivity index (χ0) is 16.0. The lowest BCUT2D eigenvalue weighted by Gasteiger charge is -2.32. The summed E-state index contributed by atoms with van der Waals surface area (Å²) in [6.07, 6.45) is 0. The van der Waals surface area contributed by atoms with Gasteiger partial charge in [-0.3, -0.25) is 4.98 Å². The Bertz CT molecular complexity index is 687. The summed E-state index contributed by atoms with van der Waals surface area (Å²) in [7, 11) is -0.545. The molecule has 1 aromatic carbocycles. The van der Waals surface area contributed by atoms with Crippen molar-refractivity contribution in [3.05, 3.63) is 48.3 Å². The van der Waals surface area contributed by atoms with Crippen LogP contribution in [-0.4, -0.2) is 23.3 Å². The van der Waals surface area contributed by atoms with Crippen molar-refractivity contribution in [2.45, 2.75) is 38.9 Å². The van der Waals surface area contributed by atoms with E-state index in [1.807, 2.05) is 39.8 Å². The number of benzene rings is 1. The summed E-state index contributed by atoms with van der Waals surface area (Å²) in [6, 6.07) is 12.1. The van der Waals surface area contributed by atoms with Crippen LogP contribution in [0.15, 0.2) is 42.5 Å². The molecule has 1 aromatic heterocycles. The monoisotopic (exact) mass is 299 g/mol. The van der Waals surface area contributed by atoms with Crippen molar-refractivity contribution >= 4 is 12.7 Å². The van der Waals surface area contributed by atoms with Crippen LogP contribution < -0.4 is 5.59 Å². The summed E-state index contributed by atoms with van der Waals surface area (Å²) in [4.78, 5) is 4.53. The third kappa shape index (κ3) is 2.55. The second kappa shape index (κ2) is 5.18. The first-order valence-electron chi connectivity index (χ1n) is 7.38. The van der Waals surface area contributed by atoms with Gasteiger partial charge in [0.1, 0.15) is 5.82 Å². The summed E-state index contributed by atoms with van der Waals surface area (Å²) in [5.41, 5.74) is 0.853. The number of hydrogen-bond acceptors (Lipinski definition) is 3. The van der Waals surface area contributed by atoms with Gasteiger partial charge in [0, 0.05) is 5.56 Å². The van der Waals surface area contributed by atoms with E-state index in [-0.39, 0.29) is 5.82 Å². The smallest absolute Gasteiger partial charge is 0.398 e. The Labute approximate surface area is 130 Å². The summed E-state index contributed by atoms with van der Waals surface area (Å²) in [5, 5.41) is 0. The van der Waals surface area contributed by atoms with E-state index in [4.69, 9.17) is 9.31 Å². The van der Waals surface area contributed by atoms with E-state index < -0.39 is 18.3 Å². The molecular formula is C17H19BFNO2. The van der Waals surface area contributed by atoms with E-state index in [2.05, 4.69) is 4.98 Å². The lowest BCUT2D eigenvalue weighted by Crippen LogP contribution is -2.41. The van der Waals surface area contributed by atoms with Gasteiger partial charge in [-0.25, -0.2) is 4.39 Å². The van der Waals surface area contributed by atoms with Crippen LogP contribution in [0.3, 0.4) is 0 Å². The Morgan fingerprint density at radius 3 is 2.18 bits per heavy atom. The van der Waals surface area contributed by atoms with Crippen molar-refractivity contribution in [1.29, 1.82) is 0 Å². The van der Waals surface area contributed by atoms with Gasteiger partial charge in [-0.2, -0.15) is 0 Å². The van der Waals surface area contributed by atoms with Crippen molar-refractivity contribution in [3.8, 4) is 11.3 Å². The molecule has 3 nitrogen and oxygen atoms in total. The van der Waals surface area contributed by atoms with Gasteiger partial charge in [0.2, 0.25) is 0 Å². The maximum atomic E-state index is 13.9. The van der Waals surface area contributed by atoms with Crippen molar-refractivity contribution < 1.29 is 13.7 Å². The lowest BCUT2D eigenvalue weighted by molar-refractivity contribution is 0.00578. The Morgan fingerprint density at radius 1 is 0.909 bits per heavy atom. The Kier molecular flexibility index (Phi) is 3.58. The Hall–Kier alpha value is -1.72. The molecular weight excluding hydrogens is 280 g/mol. The average molecular weight is 299 g/mol. The van der Waals surface area contributed by atoms with Gasteiger partial charge in [-0.1, -0.05) is 18.2 Å². The van der Waals surface area contributed by atoms with Crippen LogP contribution in [0, 0.1) is 5.82 Å². The van der Waals surface area contributed by atoms with E-state index in [1.165, 1.54) is 6.07 Å². The quantitative estimate of drug-likeness (QED) is 0.798. The molecule has 0 spiro atoms. The van der Waals surface area contributed by atoms with E-state index in [9.17, 15) is 4.39 Å². The molecule has 2 aromatic rings. The largest absolute Gasteiger partial charge is 0.514 e. The molecule has 1 aliphatic heterocycles. The molecule has 2 heterocycles. The highest BCUT2D eigenvalue weighted by molar-refractivity contribution is 6.61. The molecule has 0 N–H and O–H groups in total. The molecule has 0 amide bonds. The van der Waals surface area contributed by atoms with Crippen LogP contribution in [0.5, 0.6) is 0 Å². The first kappa shape index (κ1) is 15.2. The summed E-state index contributed by atoms with van der Waals surface area (Å²) >= 11 is 0. The Morgan fingerprint density at radius 2 is 1.55 bits per heavy atom. The van der Waals surface area contributed by atoms with E-state index in [1.54, 1.807) is 24.3 Å². The second-order valence-electron chi connectivity index (χ2n) is 6.52. The van der Waals surface area contributed by atoms with E-state index in [0.717, 1.165) is 0 Å². The second-order valence-corrected chi connectivity index (χ2v) is 6.52. The number of pyridine rings is 1. The van der Waals surface area contributed by atoms with Crippen LogP contribution in [0.4, 0.5) is 4.39 Å². The molecule has 114 valence electrons. The molecule has 3 rings (SSSR count). The Balaban J connectivity index is 1.95. The fourth-order valence-electron chi connectivity index (χ4n) is 2.37. The molecule has 1 aliphatic rings. The molecule has 0 aliphatic carbocycles. The zero-order valence-corrected chi connectivity index (χ0v) is 13.3. The maximum Gasteiger partial charge on any atom is 0.514 e. The van der Waals surface area contributed by atoms with E-state index >= 15 is 0 Å². The summed E-state index contributed by atoms with van der Waals surface area (Å²) in [6.45, 7) is 7.98. The van der Waals surface area contributed by atoms with Crippen molar-refractivity contribution in [1.82, 2.24) is 4.98 Å². The van der Waals surface area contributed by atoms with Crippen LogP contribution in [0.2, 0.25) is 0 Å². The highest BCUT2D eigenvalue weighted by Crippen LogP contribution is 2.36. The van der Waals surface area contributed by atoms with Crippen LogP contribution in [-0.2, 0) is 9.31 Å². The van der Waals surface area contributed by atoms with E-state index in [0.29, 0.717) is 16.9 Å². The zero-order valence-electron chi connectivity index (χ0n) is 13.3. The molecule has 1 fully saturated rings. The number of hydrogen-bond donors (Lipinski definition) is 0. The molecule has 22 heavy (non-hydrogen) atoms. The van der Waals surface area contributed by atoms with Crippen molar-refractivity contribution in [2.75, 3.05) is 0 Å². The normalized spacial score (nSPS) is 19.4. The predicted octanol–water partition coefficient (Wildman–Crippen LogP) is 3.19. The number of rotatable bonds is 2. The van der Waals surface area contributed by atoms with Gasteiger partial charge in [-0.15, -0.1) is 0 Å². The van der Waals surface area contributed by atoms with Gasteiger partial charge in [0.15, 0.2) is 0 Å². The minimum Gasteiger partial charge on any atom is -0.398 e. The highest BCUT2D eigenvalue weighted by atomic mass is 19.1. The first-order chi connectivity index (χ1) is 10.3. The standard InChI is InChI=1S/C17H19BFNO2/c1-16(2)17(3,4)22-18(21-16)15-11-7-10-14(20-15)12-8-5-6-9-13(12)19/h5-11H,1-4H3. The maximum absolute atomic E-state index is 13.9. The van der Waals surface area contributed by atoms with Crippen LogP contribution >= 0.6 is 0 Å². The van der Waals surface area contributed by atoms with Gasteiger partial charge < -0.3 is 9.31 Å². The van der Waals surface area contributed by atoms with Crippen molar-refractivity contribution in [2.24, 2.45) is 0 Å². The molecule has 0 atom stereocenters. The fraction of sp³-hybridized carbons (Fsp3) is 0.353. The highest BCUT2D eigenvalue weighted by Gasteiger charge is 2.52. The average Bonchev–Trinajstić information content (AvgIpc) is 2.68. The molecule has 0 radical (unpaired) electrons. The number of halogens is 1. The van der Waals surface area contributed by atoms with Crippen LogP contribution in [0.1, 0.15) is 27.7 Å². The number of aromatic nitrogens is 1. The minimum absolute atomic E-state index is 0.291. The van der Waals surface area contributed by atoms with Crippen molar-refractivity contribution in [3.63, 3.8) is 0 Å². The number of nitrogens with zero attached hydrogens (tertiary/aromatic N) is 1. The van der Waals surface area contributed by atoms with Gasteiger partial charge in [0.05, 0.1) is 22.5 Å². The third-order valence-electron chi connectivity index (χ3n) is 4.42. The molecule has 5 heteroatoms. The van der Waals surface area contributed by atoms with Gasteiger partial charge in [0.25, 0.3) is 0 Å². The lowest BCUT2D eigenvalue weighted by atomic mass is 9.84. The molecule has 0 saturated carbocycles. The van der Waals surface area contributed by atoms with Gasteiger partial charge in [-0.05, 0) is 52.0 Å². The topological polar surface area (TPSA) is 31.4 Å². The minimum atomic E-state index is -0.545. The molecule has 0 bridgehead atoms. The molecule has 1 saturated heterocycles. The summed E-state index contributed by atoms with van der Waals surface area (Å²) in [5.74, 6) is -0.291.